The van der Waals surface area contributed by atoms with Crippen LogP contribution in [-0.2, 0) is 0 Å². The Bertz CT molecular complexity index is 323. The van der Waals surface area contributed by atoms with Crippen molar-refractivity contribution in [3.63, 3.8) is 0 Å². The van der Waals surface area contributed by atoms with Crippen LogP contribution in [0.25, 0.3) is 0 Å². The van der Waals surface area contributed by atoms with Gasteiger partial charge in [0.1, 0.15) is 11.9 Å². The fraction of sp³-hybridized carbons (Fsp3) is 0.500. The highest BCUT2D eigenvalue weighted by Gasteiger charge is 2.29. The van der Waals surface area contributed by atoms with Gasteiger partial charge in [0.25, 0.3) is 0 Å². The molecule has 2 nitrogen and oxygen atoms in total. The number of ether oxygens (including phenoxy) is 1. The minimum Gasteiger partial charge on any atom is -0.490 e. The molecule has 0 saturated heterocycles. The first-order valence-corrected chi connectivity index (χ1v) is 6.23. The fourth-order valence-electron chi connectivity index (χ4n) is 1.85. The van der Waals surface area contributed by atoms with Gasteiger partial charge >= 0.3 is 0 Å². The highest BCUT2D eigenvalue weighted by Crippen LogP contribution is 2.27. The highest BCUT2D eigenvalue weighted by atomic mass is 79.9. The number of nitrogens with one attached hydrogen (secondary N) is 1. The molecule has 15 heavy (non-hydrogen) atoms. The van der Waals surface area contributed by atoms with Gasteiger partial charge in [-0.2, -0.15) is 0 Å². The summed E-state index contributed by atoms with van der Waals surface area (Å²) in [7, 11) is 0. The first-order valence-electron chi connectivity index (χ1n) is 5.43. The average Bonchev–Trinajstić information content (AvgIpc) is 2.15. The van der Waals surface area contributed by atoms with Crippen LogP contribution in [0, 0.1) is 0 Å². The molecule has 0 spiro atoms. The summed E-state index contributed by atoms with van der Waals surface area (Å²) in [6, 6.07) is 8.69. The van der Waals surface area contributed by atoms with Gasteiger partial charge in [-0.05, 0) is 37.6 Å². The number of hydrogen-bond donors (Lipinski definition) is 1. The summed E-state index contributed by atoms with van der Waals surface area (Å²) in [5.41, 5.74) is 0. The van der Waals surface area contributed by atoms with Crippen molar-refractivity contribution in [3.8, 4) is 5.75 Å². The van der Waals surface area contributed by atoms with Crippen molar-refractivity contribution >= 4 is 15.9 Å². The Morgan fingerprint density at radius 1 is 1.47 bits per heavy atom. The number of benzene rings is 1. The molecule has 0 unspecified atom stereocenters. The molecule has 1 saturated carbocycles. The molecular formula is C12H16BrNO. The molecule has 1 aliphatic rings. The molecular weight excluding hydrogens is 254 g/mol. The Kier molecular flexibility index (Phi) is 3.65. The van der Waals surface area contributed by atoms with Gasteiger partial charge in [-0.1, -0.05) is 28.9 Å². The third kappa shape index (κ3) is 2.95. The third-order valence-corrected chi connectivity index (χ3v) is 3.18. The zero-order chi connectivity index (χ0) is 10.7. The largest absolute Gasteiger partial charge is 0.490 e. The van der Waals surface area contributed by atoms with Gasteiger partial charge in [-0.25, -0.2) is 0 Å². The van der Waals surface area contributed by atoms with Crippen molar-refractivity contribution in [2.75, 3.05) is 6.54 Å². The van der Waals surface area contributed by atoms with Gasteiger partial charge in [-0.3, -0.25) is 0 Å². The summed E-state index contributed by atoms with van der Waals surface area (Å²) >= 11 is 3.44. The summed E-state index contributed by atoms with van der Waals surface area (Å²) in [4.78, 5) is 0. The number of halogens is 1. The molecule has 1 N–H and O–H groups in total. The molecule has 1 aromatic rings. The van der Waals surface area contributed by atoms with E-state index in [9.17, 15) is 0 Å². The van der Waals surface area contributed by atoms with E-state index in [0.717, 1.165) is 29.6 Å². The Hall–Kier alpha value is -0.540. The SMILES string of the molecule is CCNC1CC(Oc2cccc(Br)c2)C1. The van der Waals surface area contributed by atoms with Gasteiger partial charge in [0.2, 0.25) is 0 Å². The molecule has 3 heteroatoms. The fourth-order valence-corrected chi connectivity index (χ4v) is 2.23. The summed E-state index contributed by atoms with van der Waals surface area (Å²) in [5, 5.41) is 3.42. The van der Waals surface area contributed by atoms with Crippen LogP contribution in [0.2, 0.25) is 0 Å². The zero-order valence-electron chi connectivity index (χ0n) is 8.87. The van der Waals surface area contributed by atoms with Gasteiger partial charge in [-0.15, -0.1) is 0 Å². The lowest BCUT2D eigenvalue weighted by Gasteiger charge is -2.35. The van der Waals surface area contributed by atoms with E-state index in [4.69, 9.17) is 4.74 Å². The summed E-state index contributed by atoms with van der Waals surface area (Å²) < 4.78 is 6.91. The Morgan fingerprint density at radius 3 is 2.93 bits per heavy atom. The van der Waals surface area contributed by atoms with Crippen molar-refractivity contribution in [2.24, 2.45) is 0 Å². The second-order valence-electron chi connectivity index (χ2n) is 3.92. The van der Waals surface area contributed by atoms with Crippen LogP contribution >= 0.6 is 15.9 Å². The Morgan fingerprint density at radius 2 is 2.27 bits per heavy atom. The van der Waals surface area contributed by atoms with Crippen molar-refractivity contribution < 1.29 is 4.74 Å². The van der Waals surface area contributed by atoms with E-state index >= 15 is 0 Å². The van der Waals surface area contributed by atoms with Gasteiger partial charge < -0.3 is 10.1 Å². The van der Waals surface area contributed by atoms with Gasteiger partial charge in [0, 0.05) is 10.5 Å². The first kappa shape index (κ1) is 11.0. The summed E-state index contributed by atoms with van der Waals surface area (Å²) in [6.07, 6.45) is 2.64. The Balaban J connectivity index is 1.80. The quantitative estimate of drug-likeness (QED) is 0.908. The molecule has 0 radical (unpaired) electrons. The monoisotopic (exact) mass is 269 g/mol. The number of rotatable bonds is 4. The predicted octanol–water partition coefficient (Wildman–Crippen LogP) is 2.97. The van der Waals surface area contributed by atoms with E-state index in [0.29, 0.717) is 12.1 Å². The second kappa shape index (κ2) is 4.99. The van der Waals surface area contributed by atoms with E-state index in [1.165, 1.54) is 0 Å². The normalized spacial score (nSPS) is 24.7. The molecule has 1 aromatic carbocycles. The molecule has 0 bridgehead atoms. The molecule has 0 atom stereocenters. The van der Waals surface area contributed by atoms with Crippen LogP contribution in [-0.4, -0.2) is 18.7 Å². The molecule has 0 heterocycles. The van der Waals surface area contributed by atoms with E-state index in [1.807, 2.05) is 24.3 Å². The summed E-state index contributed by atoms with van der Waals surface area (Å²) in [5.74, 6) is 0.962. The predicted molar refractivity (Wildman–Crippen MR) is 65.3 cm³/mol. The first-order chi connectivity index (χ1) is 7.28. The molecule has 1 fully saturated rings. The van der Waals surface area contributed by atoms with Crippen LogP contribution in [0.15, 0.2) is 28.7 Å². The molecule has 0 aromatic heterocycles. The maximum absolute atomic E-state index is 5.84. The molecule has 2 rings (SSSR count). The van der Waals surface area contributed by atoms with E-state index in [2.05, 4.69) is 28.2 Å². The summed E-state index contributed by atoms with van der Waals surface area (Å²) in [6.45, 7) is 3.19. The third-order valence-electron chi connectivity index (χ3n) is 2.69. The van der Waals surface area contributed by atoms with Crippen LogP contribution < -0.4 is 10.1 Å². The molecule has 0 amide bonds. The average molecular weight is 270 g/mol. The van der Waals surface area contributed by atoms with E-state index < -0.39 is 0 Å². The van der Waals surface area contributed by atoms with Crippen molar-refractivity contribution in [1.82, 2.24) is 5.32 Å². The van der Waals surface area contributed by atoms with Gasteiger partial charge in [0.15, 0.2) is 0 Å². The molecule has 0 aliphatic heterocycles. The van der Waals surface area contributed by atoms with E-state index in [1.54, 1.807) is 0 Å². The van der Waals surface area contributed by atoms with Crippen LogP contribution in [0.3, 0.4) is 0 Å². The van der Waals surface area contributed by atoms with Crippen molar-refractivity contribution in [3.05, 3.63) is 28.7 Å². The van der Waals surface area contributed by atoms with Gasteiger partial charge in [0.05, 0.1) is 0 Å². The Labute approximate surface area is 99.1 Å². The van der Waals surface area contributed by atoms with Crippen LogP contribution in [0.5, 0.6) is 5.75 Å². The molecule has 1 aliphatic carbocycles. The second-order valence-corrected chi connectivity index (χ2v) is 4.84. The standard InChI is InChI=1S/C12H16BrNO/c1-2-14-10-7-12(8-10)15-11-5-3-4-9(13)6-11/h3-6,10,12,14H,2,7-8H2,1H3. The topological polar surface area (TPSA) is 21.3 Å². The molecule has 82 valence electrons. The minimum atomic E-state index is 0.392. The lowest BCUT2D eigenvalue weighted by atomic mass is 9.89. The minimum absolute atomic E-state index is 0.392. The number of hydrogen-bond acceptors (Lipinski definition) is 2. The van der Waals surface area contributed by atoms with Crippen LogP contribution in [0.4, 0.5) is 0 Å². The smallest absolute Gasteiger partial charge is 0.120 e. The highest BCUT2D eigenvalue weighted by molar-refractivity contribution is 9.10. The maximum Gasteiger partial charge on any atom is 0.120 e. The lowest BCUT2D eigenvalue weighted by molar-refractivity contribution is 0.0859. The van der Waals surface area contributed by atoms with Crippen LogP contribution in [0.1, 0.15) is 19.8 Å². The zero-order valence-corrected chi connectivity index (χ0v) is 10.5. The van der Waals surface area contributed by atoms with E-state index in [-0.39, 0.29) is 0 Å². The van der Waals surface area contributed by atoms with Crippen molar-refractivity contribution in [1.29, 1.82) is 0 Å². The van der Waals surface area contributed by atoms with Crippen molar-refractivity contribution in [2.45, 2.75) is 31.9 Å². The lowest BCUT2D eigenvalue weighted by Crippen LogP contribution is -2.46. The maximum atomic E-state index is 5.84.